The summed E-state index contributed by atoms with van der Waals surface area (Å²) in [7, 11) is 0. The second-order valence-electron chi connectivity index (χ2n) is 6.78. The number of hydrogen-bond donors (Lipinski definition) is 0. The van der Waals surface area contributed by atoms with E-state index in [2.05, 4.69) is 21.0 Å². The van der Waals surface area contributed by atoms with Gasteiger partial charge in [0.25, 0.3) is 0 Å². The number of rotatable bonds is 1. The first-order valence-electron chi connectivity index (χ1n) is 9.16. The molecule has 6 rings (SSSR count). The summed E-state index contributed by atoms with van der Waals surface area (Å²) in [5.41, 5.74) is 7.94. The van der Waals surface area contributed by atoms with Crippen molar-refractivity contribution in [3.63, 3.8) is 0 Å². The summed E-state index contributed by atoms with van der Waals surface area (Å²) in [6, 6.07) is 0. The van der Waals surface area contributed by atoms with Crippen molar-refractivity contribution in [2.24, 2.45) is 20.0 Å². The zero-order valence-corrected chi connectivity index (χ0v) is 16.0. The second kappa shape index (κ2) is 6.39. The molecule has 0 saturated carbocycles. The van der Waals surface area contributed by atoms with Crippen LogP contribution >= 0.6 is 11.3 Å². The molecule has 5 aliphatic rings. The minimum absolute atomic E-state index is 0.852. The molecule has 0 unspecified atom stereocenters. The number of hydrogen-bond acceptors (Lipinski definition) is 6. The van der Waals surface area contributed by atoms with Gasteiger partial charge in [-0.3, -0.25) is 0 Å². The normalized spacial score (nSPS) is 21.2. The number of thiazole rings is 1. The second-order valence-corrected chi connectivity index (χ2v) is 7.67. The molecule has 0 radical (unpaired) electrons. The van der Waals surface area contributed by atoms with Gasteiger partial charge in [0.05, 0.1) is 45.6 Å². The lowest BCUT2D eigenvalue weighted by Gasteiger charge is -1.98. The summed E-state index contributed by atoms with van der Waals surface area (Å²) in [4.78, 5) is 23.3. The van der Waals surface area contributed by atoms with E-state index in [1.165, 1.54) is 0 Å². The molecule has 29 heavy (non-hydrogen) atoms. The molecule has 6 heteroatoms. The molecular weight excluding hydrogens is 378 g/mol. The van der Waals surface area contributed by atoms with Crippen LogP contribution in [0.15, 0.2) is 121 Å². The highest BCUT2D eigenvalue weighted by atomic mass is 32.1. The van der Waals surface area contributed by atoms with Gasteiger partial charge in [-0.15, -0.1) is 11.3 Å². The van der Waals surface area contributed by atoms with Crippen LogP contribution in [0.5, 0.6) is 0 Å². The molecule has 1 aromatic rings. The van der Waals surface area contributed by atoms with Gasteiger partial charge in [0.2, 0.25) is 0 Å². The van der Waals surface area contributed by atoms with E-state index in [0.717, 1.165) is 56.2 Å². The maximum Gasteiger partial charge on any atom is 0.125 e. The summed E-state index contributed by atoms with van der Waals surface area (Å²) in [6.45, 7) is 0. The summed E-state index contributed by atoms with van der Waals surface area (Å²) >= 11 is 1.60. The van der Waals surface area contributed by atoms with E-state index in [9.17, 15) is 0 Å². The van der Waals surface area contributed by atoms with Crippen molar-refractivity contribution in [2.45, 2.75) is 0 Å². The quantitative estimate of drug-likeness (QED) is 0.692. The van der Waals surface area contributed by atoms with Crippen molar-refractivity contribution in [3.05, 3.63) is 106 Å². The number of nitrogens with zero attached hydrogens (tertiary/aromatic N) is 5. The predicted molar refractivity (Wildman–Crippen MR) is 120 cm³/mol. The van der Waals surface area contributed by atoms with E-state index in [4.69, 9.17) is 9.98 Å². The van der Waals surface area contributed by atoms with Crippen molar-refractivity contribution in [1.82, 2.24) is 4.98 Å². The van der Waals surface area contributed by atoms with Crippen molar-refractivity contribution < 1.29 is 0 Å². The Hall–Kier alpha value is -3.77. The number of aliphatic imine (C=N–C) groups is 4. The molecule has 0 amide bonds. The SMILES string of the molecule is C1=CC2=NC1=CC1=NC(=CC3=NC(=CC4=NC(=C2)C=C4)C=C3c2nccs2)C=C1. The van der Waals surface area contributed by atoms with Crippen LogP contribution in [0.2, 0.25) is 0 Å². The molecule has 1 aromatic heterocycles. The summed E-state index contributed by atoms with van der Waals surface area (Å²) in [5, 5.41) is 2.91. The topological polar surface area (TPSA) is 62.3 Å². The standard InChI is InChI=1S/C23H13N5S/c1-2-15-10-17-5-6-19(27-17)13-22-21(23-24-7-8-29-23)12-20(28-22)11-18-4-3-16(26-18)9-14(1)25-15/h1-13H. The molecule has 0 spiro atoms. The fraction of sp³-hybridized carbons (Fsp3) is 0. The van der Waals surface area contributed by atoms with Crippen molar-refractivity contribution >= 4 is 39.8 Å². The van der Waals surface area contributed by atoms with E-state index in [-0.39, 0.29) is 0 Å². The molecule has 0 fully saturated rings. The molecule has 5 nitrogen and oxygen atoms in total. The summed E-state index contributed by atoms with van der Waals surface area (Å²) in [5.74, 6) is 0. The highest BCUT2D eigenvalue weighted by Crippen LogP contribution is 2.29. The Morgan fingerprint density at radius 2 is 1.14 bits per heavy atom. The summed E-state index contributed by atoms with van der Waals surface area (Å²) in [6.07, 6.45) is 23.7. The average Bonchev–Trinajstić information content (AvgIpc) is 3.50. The first-order valence-corrected chi connectivity index (χ1v) is 10.0. The molecular formula is C23H13N5S. The van der Waals surface area contributed by atoms with Crippen molar-refractivity contribution in [1.29, 1.82) is 0 Å². The van der Waals surface area contributed by atoms with Gasteiger partial charge in [-0.1, -0.05) is 0 Å². The molecule has 0 atom stereocenters. The Morgan fingerprint density at radius 3 is 1.72 bits per heavy atom. The van der Waals surface area contributed by atoms with Crippen LogP contribution in [0, 0.1) is 0 Å². The van der Waals surface area contributed by atoms with Gasteiger partial charge in [-0.05, 0) is 66.8 Å². The Morgan fingerprint density at radius 1 is 0.552 bits per heavy atom. The molecule has 0 saturated heterocycles. The van der Waals surface area contributed by atoms with Crippen molar-refractivity contribution in [3.8, 4) is 0 Å². The van der Waals surface area contributed by atoms with Gasteiger partial charge in [0.1, 0.15) is 5.01 Å². The lowest BCUT2D eigenvalue weighted by Crippen LogP contribution is -1.95. The average molecular weight is 391 g/mol. The fourth-order valence-corrected chi connectivity index (χ4v) is 4.09. The third kappa shape index (κ3) is 3.09. The van der Waals surface area contributed by atoms with E-state index in [1.807, 2.05) is 72.3 Å². The number of aromatic nitrogens is 1. The first kappa shape index (κ1) is 16.2. The highest BCUT2D eigenvalue weighted by molar-refractivity contribution is 7.11. The van der Waals surface area contributed by atoms with Gasteiger partial charge < -0.3 is 0 Å². The Bertz CT molecular complexity index is 1310. The Labute approximate surface area is 171 Å². The molecule has 5 aliphatic heterocycles. The fourth-order valence-electron chi connectivity index (χ4n) is 3.43. The van der Waals surface area contributed by atoms with E-state index < -0.39 is 0 Å². The van der Waals surface area contributed by atoms with Gasteiger partial charge in [0.15, 0.2) is 0 Å². The van der Waals surface area contributed by atoms with Gasteiger partial charge in [-0.2, -0.15) is 0 Å². The van der Waals surface area contributed by atoms with Gasteiger partial charge in [0, 0.05) is 17.2 Å². The van der Waals surface area contributed by atoms with Crippen molar-refractivity contribution in [2.75, 3.05) is 0 Å². The monoisotopic (exact) mass is 391 g/mol. The Balaban J connectivity index is 1.52. The van der Waals surface area contributed by atoms with Gasteiger partial charge in [-0.25, -0.2) is 25.0 Å². The predicted octanol–water partition coefficient (Wildman–Crippen LogP) is 4.56. The van der Waals surface area contributed by atoms with Crippen LogP contribution in [0.25, 0.3) is 5.57 Å². The molecule has 0 aliphatic carbocycles. The van der Waals surface area contributed by atoms with Crippen LogP contribution < -0.4 is 0 Å². The molecule has 0 aromatic carbocycles. The lowest BCUT2D eigenvalue weighted by atomic mass is 10.1. The zero-order valence-electron chi connectivity index (χ0n) is 15.1. The number of allylic oxidation sites excluding steroid dienone is 12. The zero-order chi connectivity index (χ0) is 19.2. The van der Waals surface area contributed by atoms with E-state index in [1.54, 1.807) is 11.3 Å². The van der Waals surface area contributed by atoms with Gasteiger partial charge >= 0.3 is 0 Å². The van der Waals surface area contributed by atoms with Crippen LogP contribution in [0.4, 0.5) is 0 Å². The lowest BCUT2D eigenvalue weighted by molar-refractivity contribution is 1.38. The van der Waals surface area contributed by atoms with E-state index in [0.29, 0.717) is 0 Å². The highest BCUT2D eigenvalue weighted by Gasteiger charge is 2.19. The third-order valence-corrected chi connectivity index (χ3v) is 5.51. The maximum absolute atomic E-state index is 4.82. The largest absolute Gasteiger partial charge is 0.249 e. The van der Waals surface area contributed by atoms with E-state index >= 15 is 0 Å². The Kier molecular flexibility index (Phi) is 3.57. The smallest absolute Gasteiger partial charge is 0.125 e. The minimum Gasteiger partial charge on any atom is -0.249 e. The first-order chi connectivity index (χ1) is 14.3. The van der Waals surface area contributed by atoms with Crippen LogP contribution in [0.3, 0.4) is 0 Å². The minimum atomic E-state index is 0.852. The van der Waals surface area contributed by atoms with Crippen LogP contribution in [0.1, 0.15) is 5.01 Å². The molecule has 8 bridgehead atoms. The third-order valence-electron chi connectivity index (χ3n) is 4.70. The van der Waals surface area contributed by atoms with Crippen LogP contribution in [-0.2, 0) is 0 Å². The molecule has 0 N–H and O–H groups in total. The maximum atomic E-state index is 4.82. The molecule has 136 valence electrons. The molecule has 6 heterocycles. The number of fused-ring (bicyclic) bond motifs is 4. The van der Waals surface area contributed by atoms with Crippen LogP contribution in [-0.4, -0.2) is 27.8 Å². The summed E-state index contributed by atoms with van der Waals surface area (Å²) < 4.78 is 0.